The van der Waals surface area contributed by atoms with Gasteiger partial charge in [0.1, 0.15) is 12.1 Å². The zero-order valence-corrected chi connectivity index (χ0v) is 19.0. The van der Waals surface area contributed by atoms with Crippen LogP contribution in [0.5, 0.6) is 0 Å². The first-order chi connectivity index (χ1) is 16.0. The molecule has 2 N–H and O–H groups in total. The molecule has 33 heavy (non-hydrogen) atoms. The second-order valence-electron chi connectivity index (χ2n) is 9.01. The van der Waals surface area contributed by atoms with Gasteiger partial charge in [0.15, 0.2) is 0 Å². The topological polar surface area (TPSA) is 87.7 Å². The molecule has 0 radical (unpaired) electrons. The SMILES string of the molecule is CC1CCCCC12NC(=O)N(CC(=O)NCc1cccc(COCc3ccccc3)c1)C2=O. The monoisotopic (exact) mass is 449 g/mol. The highest BCUT2D eigenvalue weighted by atomic mass is 16.5. The lowest BCUT2D eigenvalue weighted by Crippen LogP contribution is -2.54. The Balaban J connectivity index is 1.27. The summed E-state index contributed by atoms with van der Waals surface area (Å²) in [7, 11) is 0. The maximum atomic E-state index is 13.0. The summed E-state index contributed by atoms with van der Waals surface area (Å²) in [6.45, 7) is 3.06. The molecule has 1 saturated heterocycles. The molecule has 1 spiro atoms. The van der Waals surface area contributed by atoms with Crippen LogP contribution < -0.4 is 10.6 Å². The smallest absolute Gasteiger partial charge is 0.325 e. The van der Waals surface area contributed by atoms with Crippen molar-refractivity contribution in [1.82, 2.24) is 15.5 Å². The second kappa shape index (κ2) is 10.2. The minimum Gasteiger partial charge on any atom is -0.372 e. The third-order valence-electron chi connectivity index (χ3n) is 6.66. The molecule has 1 saturated carbocycles. The first-order valence-electron chi connectivity index (χ1n) is 11.6. The maximum Gasteiger partial charge on any atom is 0.325 e. The number of ether oxygens (including phenoxy) is 1. The molecule has 2 fully saturated rings. The van der Waals surface area contributed by atoms with E-state index in [1.807, 2.05) is 61.5 Å². The van der Waals surface area contributed by atoms with E-state index in [0.717, 1.165) is 40.9 Å². The lowest BCUT2D eigenvalue weighted by Gasteiger charge is -2.36. The quantitative estimate of drug-likeness (QED) is 0.604. The van der Waals surface area contributed by atoms with Gasteiger partial charge in [-0.05, 0) is 35.4 Å². The Hall–Kier alpha value is -3.19. The Kier molecular flexibility index (Phi) is 7.08. The average molecular weight is 450 g/mol. The van der Waals surface area contributed by atoms with E-state index < -0.39 is 11.6 Å². The van der Waals surface area contributed by atoms with Gasteiger partial charge in [0.2, 0.25) is 5.91 Å². The van der Waals surface area contributed by atoms with Gasteiger partial charge in [-0.25, -0.2) is 4.79 Å². The van der Waals surface area contributed by atoms with Crippen molar-refractivity contribution in [2.24, 2.45) is 5.92 Å². The molecule has 1 heterocycles. The van der Waals surface area contributed by atoms with E-state index >= 15 is 0 Å². The fraction of sp³-hybridized carbons (Fsp3) is 0.423. The third-order valence-corrected chi connectivity index (χ3v) is 6.66. The molecule has 1 aliphatic heterocycles. The molecule has 0 bridgehead atoms. The Morgan fingerprint density at radius 1 is 1.06 bits per heavy atom. The van der Waals surface area contributed by atoms with Crippen LogP contribution in [0.25, 0.3) is 0 Å². The Morgan fingerprint density at radius 3 is 2.58 bits per heavy atom. The van der Waals surface area contributed by atoms with Crippen LogP contribution in [-0.4, -0.2) is 34.8 Å². The van der Waals surface area contributed by atoms with Crippen LogP contribution in [0.2, 0.25) is 0 Å². The molecule has 2 atom stereocenters. The number of benzene rings is 2. The maximum absolute atomic E-state index is 13.0. The number of imide groups is 1. The molecule has 1 aliphatic carbocycles. The van der Waals surface area contributed by atoms with E-state index in [1.54, 1.807) is 0 Å². The van der Waals surface area contributed by atoms with Gasteiger partial charge in [0.25, 0.3) is 5.91 Å². The predicted molar refractivity (Wildman–Crippen MR) is 124 cm³/mol. The molecular weight excluding hydrogens is 418 g/mol. The van der Waals surface area contributed by atoms with Crippen molar-refractivity contribution >= 4 is 17.8 Å². The van der Waals surface area contributed by atoms with Crippen LogP contribution >= 0.6 is 0 Å². The first-order valence-corrected chi connectivity index (χ1v) is 11.6. The van der Waals surface area contributed by atoms with E-state index in [0.29, 0.717) is 26.2 Å². The Bertz CT molecular complexity index is 1010. The van der Waals surface area contributed by atoms with Crippen LogP contribution in [0.3, 0.4) is 0 Å². The second-order valence-corrected chi connectivity index (χ2v) is 9.01. The number of carbonyl (C=O) groups excluding carboxylic acids is 3. The Labute approximate surface area is 194 Å². The van der Waals surface area contributed by atoms with Gasteiger partial charge in [-0.1, -0.05) is 74.4 Å². The largest absolute Gasteiger partial charge is 0.372 e. The molecule has 4 amide bonds. The van der Waals surface area contributed by atoms with Crippen LogP contribution in [0.1, 0.15) is 49.3 Å². The molecule has 0 aromatic heterocycles. The molecular formula is C26H31N3O4. The highest BCUT2D eigenvalue weighted by molar-refractivity contribution is 6.09. The fourth-order valence-electron chi connectivity index (χ4n) is 4.73. The lowest BCUT2D eigenvalue weighted by atomic mass is 9.73. The number of urea groups is 1. The van der Waals surface area contributed by atoms with Crippen LogP contribution in [0, 0.1) is 5.92 Å². The van der Waals surface area contributed by atoms with E-state index in [4.69, 9.17) is 4.74 Å². The molecule has 2 aromatic rings. The van der Waals surface area contributed by atoms with Crippen molar-refractivity contribution in [2.75, 3.05) is 6.54 Å². The molecule has 2 unspecified atom stereocenters. The zero-order valence-electron chi connectivity index (χ0n) is 19.0. The van der Waals surface area contributed by atoms with Gasteiger partial charge in [-0.3, -0.25) is 14.5 Å². The predicted octanol–water partition coefficient (Wildman–Crippen LogP) is 3.52. The van der Waals surface area contributed by atoms with Gasteiger partial charge in [0.05, 0.1) is 13.2 Å². The van der Waals surface area contributed by atoms with Crippen molar-refractivity contribution in [3.8, 4) is 0 Å². The number of nitrogens with zero attached hydrogens (tertiary/aromatic N) is 1. The number of rotatable bonds is 8. The lowest BCUT2D eigenvalue weighted by molar-refractivity contribution is -0.137. The summed E-state index contributed by atoms with van der Waals surface area (Å²) in [5.74, 6) is -0.556. The number of hydrogen-bond acceptors (Lipinski definition) is 4. The molecule has 7 nitrogen and oxygen atoms in total. The number of carbonyl (C=O) groups is 3. The average Bonchev–Trinajstić information content (AvgIpc) is 3.05. The summed E-state index contributed by atoms with van der Waals surface area (Å²) >= 11 is 0. The minimum atomic E-state index is -0.844. The normalized spacial score (nSPS) is 22.5. The molecule has 7 heteroatoms. The van der Waals surface area contributed by atoms with Crippen molar-refractivity contribution in [2.45, 2.75) is 57.9 Å². The van der Waals surface area contributed by atoms with Gasteiger partial charge < -0.3 is 15.4 Å². The van der Waals surface area contributed by atoms with E-state index in [9.17, 15) is 14.4 Å². The summed E-state index contributed by atoms with van der Waals surface area (Å²) < 4.78 is 5.79. The van der Waals surface area contributed by atoms with Crippen molar-refractivity contribution in [1.29, 1.82) is 0 Å². The number of nitrogens with one attached hydrogen (secondary N) is 2. The molecule has 2 aliphatic rings. The van der Waals surface area contributed by atoms with Gasteiger partial charge in [0, 0.05) is 6.54 Å². The summed E-state index contributed by atoms with van der Waals surface area (Å²) in [6, 6.07) is 17.3. The fourth-order valence-corrected chi connectivity index (χ4v) is 4.73. The minimum absolute atomic E-state index is 0.0719. The van der Waals surface area contributed by atoms with Crippen LogP contribution in [-0.2, 0) is 34.1 Å². The first kappa shape index (κ1) is 23.0. The van der Waals surface area contributed by atoms with E-state index in [1.165, 1.54) is 0 Å². The molecule has 174 valence electrons. The van der Waals surface area contributed by atoms with E-state index in [-0.39, 0.29) is 24.3 Å². The highest BCUT2D eigenvalue weighted by Gasteiger charge is 2.55. The standard InChI is InChI=1S/C26H31N3O4/c1-19-8-5-6-13-26(19)24(31)29(25(32)28-26)16-23(30)27-15-21-11-7-12-22(14-21)18-33-17-20-9-3-2-4-10-20/h2-4,7,9-12,14,19H,5-6,8,13,15-18H2,1H3,(H,27,30)(H,28,32). The molecule has 4 rings (SSSR count). The van der Waals surface area contributed by atoms with Crippen molar-refractivity contribution in [3.63, 3.8) is 0 Å². The molecule has 2 aromatic carbocycles. The van der Waals surface area contributed by atoms with E-state index in [2.05, 4.69) is 10.6 Å². The number of hydrogen-bond donors (Lipinski definition) is 2. The van der Waals surface area contributed by atoms with Gasteiger partial charge in [-0.2, -0.15) is 0 Å². The summed E-state index contributed by atoms with van der Waals surface area (Å²) in [4.78, 5) is 39.1. The van der Waals surface area contributed by atoms with Gasteiger partial charge in [-0.15, -0.1) is 0 Å². The van der Waals surface area contributed by atoms with Crippen LogP contribution in [0.15, 0.2) is 54.6 Å². The highest BCUT2D eigenvalue weighted by Crippen LogP contribution is 2.38. The van der Waals surface area contributed by atoms with Crippen molar-refractivity contribution < 1.29 is 19.1 Å². The van der Waals surface area contributed by atoms with Gasteiger partial charge >= 0.3 is 6.03 Å². The Morgan fingerprint density at radius 2 is 1.79 bits per heavy atom. The zero-order chi connectivity index (χ0) is 23.3. The summed E-state index contributed by atoms with van der Waals surface area (Å²) in [5, 5.41) is 5.71. The number of amides is 4. The van der Waals surface area contributed by atoms with Crippen molar-refractivity contribution in [3.05, 3.63) is 71.3 Å². The third kappa shape index (κ3) is 5.25. The summed E-state index contributed by atoms with van der Waals surface area (Å²) in [6.07, 6.45) is 3.50. The summed E-state index contributed by atoms with van der Waals surface area (Å²) in [5.41, 5.74) is 2.22. The van der Waals surface area contributed by atoms with Crippen LogP contribution in [0.4, 0.5) is 4.79 Å².